The highest BCUT2D eigenvalue weighted by Gasteiger charge is 2.25. The van der Waals surface area contributed by atoms with E-state index in [4.69, 9.17) is 0 Å². The molecule has 0 radical (unpaired) electrons. The molecule has 1 aliphatic rings. The van der Waals surface area contributed by atoms with Crippen molar-refractivity contribution in [3.63, 3.8) is 0 Å². The van der Waals surface area contributed by atoms with Gasteiger partial charge in [-0.25, -0.2) is 8.42 Å². The van der Waals surface area contributed by atoms with E-state index in [1.807, 2.05) is 0 Å². The number of benzene rings is 1. The summed E-state index contributed by atoms with van der Waals surface area (Å²) in [7, 11) is -3.40. The largest absolute Gasteiger partial charge is 0.329 e. The summed E-state index contributed by atoms with van der Waals surface area (Å²) in [5, 5.41) is 0. The molecule has 3 rings (SSSR count). The van der Waals surface area contributed by atoms with Crippen LogP contribution >= 0.6 is 0 Å². The highest BCUT2D eigenvalue weighted by molar-refractivity contribution is 7.89. The van der Waals surface area contributed by atoms with Gasteiger partial charge < -0.3 is 4.98 Å². The monoisotopic (exact) mass is 318 g/mol. The highest BCUT2D eigenvalue weighted by atomic mass is 32.2. The fourth-order valence-corrected chi connectivity index (χ4v) is 4.21. The number of sulfonamides is 1. The number of piperidine rings is 1. The maximum absolute atomic E-state index is 12.6. The second-order valence-corrected chi connectivity index (χ2v) is 7.37. The standard InChI is InChI=1S/C16H18N2O3S/c19-16-12-14(8-9-17-16)13-4-6-15(7-5-13)22(20,21)18-10-2-1-3-11-18/h4-9,12H,1-3,10-11H2,(H,17,19). The third kappa shape index (κ3) is 2.98. The van der Waals surface area contributed by atoms with Gasteiger partial charge >= 0.3 is 0 Å². The number of nitrogens with zero attached hydrogens (tertiary/aromatic N) is 1. The summed E-state index contributed by atoms with van der Waals surface area (Å²) in [6.07, 6.45) is 4.51. The summed E-state index contributed by atoms with van der Waals surface area (Å²) in [6.45, 7) is 1.19. The van der Waals surface area contributed by atoms with E-state index in [-0.39, 0.29) is 5.56 Å². The van der Waals surface area contributed by atoms with Crippen molar-refractivity contribution in [2.24, 2.45) is 0 Å². The number of hydrogen-bond donors (Lipinski definition) is 1. The van der Waals surface area contributed by atoms with Gasteiger partial charge in [0.1, 0.15) is 0 Å². The molecule has 1 fully saturated rings. The number of nitrogens with one attached hydrogen (secondary N) is 1. The second kappa shape index (κ2) is 6.06. The quantitative estimate of drug-likeness (QED) is 0.943. The van der Waals surface area contributed by atoms with E-state index < -0.39 is 10.0 Å². The summed E-state index contributed by atoms with van der Waals surface area (Å²) >= 11 is 0. The Kier molecular flexibility index (Phi) is 4.13. The Hall–Kier alpha value is -1.92. The number of aromatic amines is 1. The minimum atomic E-state index is -3.40. The highest BCUT2D eigenvalue weighted by Crippen LogP contribution is 2.23. The Morgan fingerprint density at radius 2 is 1.59 bits per heavy atom. The zero-order valence-corrected chi connectivity index (χ0v) is 13.0. The van der Waals surface area contributed by atoms with Crippen molar-refractivity contribution < 1.29 is 8.42 Å². The molecule has 5 nitrogen and oxygen atoms in total. The summed E-state index contributed by atoms with van der Waals surface area (Å²) in [6, 6.07) is 9.99. The third-order valence-corrected chi connectivity index (χ3v) is 5.83. The van der Waals surface area contributed by atoms with Crippen LogP contribution in [-0.2, 0) is 10.0 Å². The van der Waals surface area contributed by atoms with Gasteiger partial charge in [0.05, 0.1) is 4.90 Å². The van der Waals surface area contributed by atoms with Crippen LogP contribution in [0.15, 0.2) is 52.3 Å². The lowest BCUT2D eigenvalue weighted by atomic mass is 10.1. The topological polar surface area (TPSA) is 70.2 Å². The van der Waals surface area contributed by atoms with E-state index in [1.165, 1.54) is 6.07 Å². The molecule has 1 aromatic carbocycles. The third-order valence-electron chi connectivity index (χ3n) is 3.92. The average molecular weight is 318 g/mol. The zero-order valence-electron chi connectivity index (χ0n) is 12.2. The number of aromatic nitrogens is 1. The van der Waals surface area contributed by atoms with E-state index in [0.717, 1.165) is 30.4 Å². The van der Waals surface area contributed by atoms with E-state index >= 15 is 0 Å². The molecule has 1 aliphatic heterocycles. The van der Waals surface area contributed by atoms with E-state index in [9.17, 15) is 13.2 Å². The summed E-state index contributed by atoms with van der Waals surface area (Å²) in [5.41, 5.74) is 1.41. The molecular weight excluding hydrogens is 300 g/mol. The lowest BCUT2D eigenvalue weighted by Crippen LogP contribution is -2.35. The molecule has 2 heterocycles. The Bertz CT molecular complexity index is 804. The van der Waals surface area contributed by atoms with Crippen LogP contribution in [0.3, 0.4) is 0 Å². The minimum Gasteiger partial charge on any atom is -0.329 e. The molecule has 0 spiro atoms. The van der Waals surface area contributed by atoms with Crippen LogP contribution in [0.25, 0.3) is 11.1 Å². The first-order valence-electron chi connectivity index (χ1n) is 7.37. The predicted octanol–water partition coefficient (Wildman–Crippen LogP) is 2.22. The summed E-state index contributed by atoms with van der Waals surface area (Å²) in [5.74, 6) is 0. The van der Waals surface area contributed by atoms with Crippen LogP contribution in [0.1, 0.15) is 19.3 Å². The Balaban J connectivity index is 1.89. The maximum atomic E-state index is 12.6. The molecular formula is C16H18N2O3S. The molecule has 1 saturated heterocycles. The number of pyridine rings is 1. The molecule has 0 unspecified atom stereocenters. The molecule has 0 amide bonds. The van der Waals surface area contributed by atoms with Crippen LogP contribution in [0.2, 0.25) is 0 Å². The summed E-state index contributed by atoms with van der Waals surface area (Å²) < 4.78 is 26.7. The molecule has 0 aliphatic carbocycles. The van der Waals surface area contributed by atoms with Crippen LogP contribution < -0.4 is 5.56 Å². The van der Waals surface area contributed by atoms with Crippen molar-refractivity contribution in [2.75, 3.05) is 13.1 Å². The van der Waals surface area contributed by atoms with Gasteiger partial charge in [-0.2, -0.15) is 4.31 Å². The van der Waals surface area contributed by atoms with E-state index in [1.54, 1.807) is 40.8 Å². The molecule has 1 N–H and O–H groups in total. The van der Waals surface area contributed by atoms with Crippen molar-refractivity contribution in [1.29, 1.82) is 0 Å². The SMILES string of the molecule is O=c1cc(-c2ccc(S(=O)(=O)N3CCCCC3)cc2)cc[nH]1. The molecule has 1 aromatic heterocycles. The van der Waals surface area contributed by atoms with Gasteiger partial charge in [-0.3, -0.25) is 4.79 Å². The Morgan fingerprint density at radius 3 is 2.23 bits per heavy atom. The molecule has 6 heteroatoms. The Morgan fingerprint density at radius 1 is 0.909 bits per heavy atom. The van der Waals surface area contributed by atoms with Crippen LogP contribution in [0, 0.1) is 0 Å². The molecule has 0 saturated carbocycles. The first kappa shape index (κ1) is 15.0. The molecule has 0 atom stereocenters. The number of hydrogen-bond acceptors (Lipinski definition) is 3. The van der Waals surface area contributed by atoms with Crippen molar-refractivity contribution >= 4 is 10.0 Å². The van der Waals surface area contributed by atoms with Crippen molar-refractivity contribution in [2.45, 2.75) is 24.2 Å². The van der Waals surface area contributed by atoms with Crippen LogP contribution in [0.5, 0.6) is 0 Å². The van der Waals surface area contributed by atoms with Gasteiger partial charge in [0.2, 0.25) is 15.6 Å². The Labute approximate surface area is 129 Å². The smallest absolute Gasteiger partial charge is 0.248 e. The minimum absolute atomic E-state index is 0.178. The number of H-pyrrole nitrogens is 1. The maximum Gasteiger partial charge on any atom is 0.248 e. The molecule has 116 valence electrons. The first-order chi connectivity index (χ1) is 10.6. The summed E-state index contributed by atoms with van der Waals surface area (Å²) in [4.78, 5) is 14.2. The van der Waals surface area contributed by atoms with Gasteiger partial charge in [-0.15, -0.1) is 0 Å². The van der Waals surface area contributed by atoms with Gasteiger partial charge in [-0.1, -0.05) is 18.6 Å². The normalized spacial score (nSPS) is 16.5. The molecule has 2 aromatic rings. The van der Waals surface area contributed by atoms with Gasteiger partial charge in [0.15, 0.2) is 0 Å². The lowest BCUT2D eigenvalue weighted by molar-refractivity contribution is 0.346. The van der Waals surface area contributed by atoms with Gasteiger partial charge in [0.25, 0.3) is 0 Å². The van der Waals surface area contributed by atoms with E-state index in [0.29, 0.717) is 18.0 Å². The molecule has 0 bridgehead atoms. The second-order valence-electron chi connectivity index (χ2n) is 5.43. The van der Waals surface area contributed by atoms with Crippen molar-refractivity contribution in [3.05, 3.63) is 52.9 Å². The average Bonchev–Trinajstić information content (AvgIpc) is 2.56. The first-order valence-corrected chi connectivity index (χ1v) is 8.81. The van der Waals surface area contributed by atoms with E-state index in [2.05, 4.69) is 4.98 Å². The van der Waals surface area contributed by atoms with Crippen LogP contribution in [0.4, 0.5) is 0 Å². The van der Waals surface area contributed by atoms with Crippen molar-refractivity contribution in [3.8, 4) is 11.1 Å². The number of rotatable bonds is 3. The fourth-order valence-electron chi connectivity index (χ4n) is 2.70. The lowest BCUT2D eigenvalue weighted by Gasteiger charge is -2.25. The zero-order chi connectivity index (χ0) is 15.6. The van der Waals surface area contributed by atoms with Crippen LogP contribution in [-0.4, -0.2) is 30.8 Å². The fraction of sp³-hybridized carbons (Fsp3) is 0.312. The van der Waals surface area contributed by atoms with Gasteiger partial charge in [-0.05, 0) is 42.2 Å². The molecule has 22 heavy (non-hydrogen) atoms. The predicted molar refractivity (Wildman–Crippen MR) is 85.1 cm³/mol. The van der Waals surface area contributed by atoms with Crippen molar-refractivity contribution in [1.82, 2.24) is 9.29 Å². The van der Waals surface area contributed by atoms with Gasteiger partial charge in [0, 0.05) is 25.4 Å².